The summed E-state index contributed by atoms with van der Waals surface area (Å²) in [7, 11) is 2.65. The van der Waals surface area contributed by atoms with Gasteiger partial charge in [0.25, 0.3) is 0 Å². The maximum atomic E-state index is 11.0. The standard InChI is InChI=1S/C12H24O5Si/c1-10(2)12(13)16-8-9-18-17-7-5-6-11(14-3)15-4/h11H,1,5-9,18H2,2-4H3. The second-order valence-electron chi connectivity index (χ2n) is 3.93. The zero-order chi connectivity index (χ0) is 13.8. The molecule has 0 saturated heterocycles. The van der Waals surface area contributed by atoms with Gasteiger partial charge >= 0.3 is 5.97 Å². The largest absolute Gasteiger partial charge is 0.463 e. The lowest BCUT2D eigenvalue weighted by molar-refractivity contribution is -0.138. The van der Waals surface area contributed by atoms with Crippen molar-refractivity contribution in [2.75, 3.05) is 27.4 Å². The van der Waals surface area contributed by atoms with E-state index in [-0.39, 0.29) is 12.3 Å². The van der Waals surface area contributed by atoms with Gasteiger partial charge in [-0.1, -0.05) is 6.58 Å². The number of hydrogen-bond acceptors (Lipinski definition) is 5. The van der Waals surface area contributed by atoms with Crippen LogP contribution in [-0.2, 0) is 23.4 Å². The van der Waals surface area contributed by atoms with E-state index in [9.17, 15) is 4.79 Å². The van der Waals surface area contributed by atoms with Gasteiger partial charge in [0.1, 0.15) is 0 Å². The topological polar surface area (TPSA) is 54.0 Å². The average Bonchev–Trinajstić information content (AvgIpc) is 2.36. The van der Waals surface area contributed by atoms with Crippen molar-refractivity contribution in [1.82, 2.24) is 0 Å². The maximum Gasteiger partial charge on any atom is 0.333 e. The molecule has 0 aromatic carbocycles. The molecule has 0 aliphatic rings. The second kappa shape index (κ2) is 11.4. The van der Waals surface area contributed by atoms with Gasteiger partial charge in [-0.05, 0) is 19.4 Å². The molecule has 0 rings (SSSR count). The number of ether oxygens (including phenoxy) is 3. The molecular weight excluding hydrogens is 252 g/mol. The van der Waals surface area contributed by atoms with Crippen LogP contribution < -0.4 is 0 Å². The number of carbonyl (C=O) groups excluding carboxylic acids is 1. The van der Waals surface area contributed by atoms with E-state index in [1.54, 1.807) is 21.1 Å². The summed E-state index contributed by atoms with van der Waals surface area (Å²) in [4.78, 5) is 11.0. The molecule has 106 valence electrons. The number of rotatable bonds is 11. The van der Waals surface area contributed by atoms with E-state index in [1.807, 2.05) is 0 Å². The first kappa shape index (κ1) is 17.3. The molecule has 6 heteroatoms. The smallest absolute Gasteiger partial charge is 0.333 e. The summed E-state index contributed by atoms with van der Waals surface area (Å²) in [5.74, 6) is -0.327. The van der Waals surface area contributed by atoms with Crippen LogP contribution in [0.2, 0.25) is 6.04 Å². The van der Waals surface area contributed by atoms with E-state index >= 15 is 0 Å². The third-order valence-electron chi connectivity index (χ3n) is 2.27. The number of hydrogen-bond donors (Lipinski definition) is 0. The van der Waals surface area contributed by atoms with Gasteiger partial charge in [-0.3, -0.25) is 0 Å². The molecule has 0 radical (unpaired) electrons. The molecule has 0 aromatic heterocycles. The molecule has 0 aromatic rings. The normalized spacial score (nSPS) is 11.3. The molecule has 0 heterocycles. The minimum absolute atomic E-state index is 0.146. The average molecular weight is 276 g/mol. The highest BCUT2D eigenvalue weighted by Gasteiger charge is 2.04. The predicted molar refractivity (Wildman–Crippen MR) is 72.1 cm³/mol. The number of carbonyl (C=O) groups is 1. The molecule has 0 fully saturated rings. The number of esters is 1. The summed E-state index contributed by atoms with van der Waals surface area (Å²) < 4.78 is 20.6. The summed E-state index contributed by atoms with van der Waals surface area (Å²) >= 11 is 0. The fourth-order valence-electron chi connectivity index (χ4n) is 1.24. The van der Waals surface area contributed by atoms with Crippen LogP contribution in [0.5, 0.6) is 0 Å². The van der Waals surface area contributed by atoms with E-state index in [2.05, 4.69) is 6.58 Å². The molecule has 0 saturated carbocycles. The third-order valence-corrected chi connectivity index (χ3v) is 3.42. The lowest BCUT2D eigenvalue weighted by Crippen LogP contribution is -2.14. The van der Waals surface area contributed by atoms with Gasteiger partial charge < -0.3 is 18.6 Å². The van der Waals surface area contributed by atoms with Crippen molar-refractivity contribution in [3.63, 3.8) is 0 Å². The lowest BCUT2D eigenvalue weighted by atomic mass is 10.3. The Labute approximate surface area is 111 Å². The van der Waals surface area contributed by atoms with Gasteiger partial charge in [0.15, 0.2) is 16.1 Å². The van der Waals surface area contributed by atoms with E-state index < -0.39 is 9.76 Å². The Bertz CT molecular complexity index is 241. The van der Waals surface area contributed by atoms with Crippen molar-refractivity contribution in [3.8, 4) is 0 Å². The fraction of sp³-hybridized carbons (Fsp3) is 0.750. The fourth-order valence-corrected chi connectivity index (χ4v) is 2.11. The van der Waals surface area contributed by atoms with E-state index in [1.165, 1.54) is 0 Å². The Morgan fingerprint density at radius 3 is 2.50 bits per heavy atom. The molecule has 0 aliphatic carbocycles. The zero-order valence-corrected chi connectivity index (χ0v) is 13.0. The van der Waals surface area contributed by atoms with Crippen LogP contribution in [0.3, 0.4) is 0 Å². The molecular formula is C12H24O5Si. The quantitative estimate of drug-likeness (QED) is 0.185. The van der Waals surface area contributed by atoms with Crippen molar-refractivity contribution in [3.05, 3.63) is 12.2 Å². The monoisotopic (exact) mass is 276 g/mol. The Balaban J connectivity index is 3.26. The van der Waals surface area contributed by atoms with Gasteiger partial charge in [-0.25, -0.2) is 4.79 Å². The molecule has 0 aliphatic heterocycles. The van der Waals surface area contributed by atoms with Crippen LogP contribution in [-0.4, -0.2) is 49.5 Å². The van der Waals surface area contributed by atoms with E-state index in [4.69, 9.17) is 18.6 Å². The highest BCUT2D eigenvalue weighted by molar-refractivity contribution is 6.27. The molecule has 0 atom stereocenters. The molecule has 0 bridgehead atoms. The zero-order valence-electron chi connectivity index (χ0n) is 11.6. The summed E-state index contributed by atoms with van der Waals surface area (Å²) in [6, 6.07) is 0.830. The van der Waals surface area contributed by atoms with Crippen LogP contribution in [0.1, 0.15) is 19.8 Å². The van der Waals surface area contributed by atoms with Crippen LogP contribution in [0.15, 0.2) is 12.2 Å². The molecule has 5 nitrogen and oxygen atoms in total. The summed E-state index contributed by atoms with van der Waals surface area (Å²) in [5.41, 5.74) is 0.433. The maximum absolute atomic E-state index is 11.0. The highest BCUT2D eigenvalue weighted by Crippen LogP contribution is 2.02. The lowest BCUT2D eigenvalue weighted by Gasteiger charge is -2.12. The van der Waals surface area contributed by atoms with Crippen LogP contribution in [0, 0.1) is 0 Å². The van der Waals surface area contributed by atoms with Gasteiger partial charge in [0, 0.05) is 32.8 Å². The molecule has 0 amide bonds. The predicted octanol–water partition coefficient (Wildman–Crippen LogP) is 1.02. The minimum Gasteiger partial charge on any atom is -0.463 e. The van der Waals surface area contributed by atoms with E-state index in [0.29, 0.717) is 18.8 Å². The Hall–Kier alpha value is -0.693. The van der Waals surface area contributed by atoms with Crippen molar-refractivity contribution < 1.29 is 23.4 Å². The minimum atomic E-state index is -0.602. The van der Waals surface area contributed by atoms with Gasteiger partial charge in [-0.2, -0.15) is 0 Å². The van der Waals surface area contributed by atoms with Crippen LogP contribution in [0.4, 0.5) is 0 Å². The molecule has 18 heavy (non-hydrogen) atoms. The SMILES string of the molecule is C=C(C)C(=O)OCC[SiH2]OCCCC(OC)OC. The Morgan fingerprint density at radius 1 is 1.28 bits per heavy atom. The molecule has 0 spiro atoms. The summed E-state index contributed by atoms with van der Waals surface area (Å²) in [6.45, 7) is 6.29. The van der Waals surface area contributed by atoms with E-state index in [0.717, 1.165) is 18.9 Å². The first-order valence-corrected chi connectivity index (χ1v) is 7.65. The first-order valence-electron chi connectivity index (χ1n) is 6.07. The van der Waals surface area contributed by atoms with Crippen LogP contribution in [0.25, 0.3) is 0 Å². The van der Waals surface area contributed by atoms with Crippen molar-refractivity contribution >= 4 is 15.7 Å². The van der Waals surface area contributed by atoms with Crippen LogP contribution >= 0.6 is 0 Å². The Morgan fingerprint density at radius 2 is 1.94 bits per heavy atom. The molecule has 0 unspecified atom stereocenters. The third kappa shape index (κ3) is 9.35. The summed E-state index contributed by atoms with van der Waals surface area (Å²) in [6.07, 6.45) is 1.59. The van der Waals surface area contributed by atoms with Crippen molar-refractivity contribution in [2.45, 2.75) is 32.1 Å². The van der Waals surface area contributed by atoms with Gasteiger partial charge in [0.2, 0.25) is 0 Å². The Kier molecular flexibility index (Phi) is 11.0. The first-order chi connectivity index (χ1) is 8.61. The van der Waals surface area contributed by atoms with Gasteiger partial charge in [-0.15, -0.1) is 0 Å². The molecule has 0 N–H and O–H groups in total. The second-order valence-corrected chi connectivity index (χ2v) is 5.45. The highest BCUT2D eigenvalue weighted by atomic mass is 28.2. The number of methoxy groups -OCH3 is 2. The van der Waals surface area contributed by atoms with Gasteiger partial charge in [0.05, 0.1) is 6.61 Å². The summed E-state index contributed by atoms with van der Waals surface area (Å²) in [5, 5.41) is 0. The van der Waals surface area contributed by atoms with Crippen molar-refractivity contribution in [1.29, 1.82) is 0 Å². The van der Waals surface area contributed by atoms with Crippen molar-refractivity contribution in [2.24, 2.45) is 0 Å².